The SMILES string of the molecule is COc1ccc(C2=NOC3(CCCCC3)C2)cc1OCC(=O)O. The van der Waals surface area contributed by atoms with Crippen molar-refractivity contribution in [2.24, 2.45) is 5.16 Å². The number of rotatable bonds is 5. The molecular formula is C17H21NO5. The molecule has 0 radical (unpaired) electrons. The fourth-order valence-electron chi connectivity index (χ4n) is 3.25. The summed E-state index contributed by atoms with van der Waals surface area (Å²) in [7, 11) is 1.52. The van der Waals surface area contributed by atoms with Crippen LogP contribution in [-0.2, 0) is 9.63 Å². The summed E-state index contributed by atoms with van der Waals surface area (Å²) in [5, 5.41) is 13.1. The van der Waals surface area contributed by atoms with Crippen LogP contribution in [0, 0.1) is 0 Å². The van der Waals surface area contributed by atoms with Gasteiger partial charge >= 0.3 is 5.97 Å². The van der Waals surface area contributed by atoms with Gasteiger partial charge in [0.25, 0.3) is 0 Å². The fraction of sp³-hybridized carbons (Fsp3) is 0.529. The predicted molar refractivity (Wildman–Crippen MR) is 84.2 cm³/mol. The Kier molecular flexibility index (Phi) is 4.41. The summed E-state index contributed by atoms with van der Waals surface area (Å²) in [6.07, 6.45) is 6.49. The zero-order chi connectivity index (χ0) is 16.3. The molecule has 0 atom stereocenters. The highest BCUT2D eigenvalue weighted by Gasteiger charge is 2.40. The molecule has 1 fully saturated rings. The number of ether oxygens (including phenoxy) is 2. The van der Waals surface area contributed by atoms with Gasteiger partial charge in [0, 0.05) is 12.0 Å². The molecule has 0 aromatic heterocycles. The minimum Gasteiger partial charge on any atom is -0.493 e. The van der Waals surface area contributed by atoms with Crippen LogP contribution in [0.4, 0.5) is 0 Å². The highest BCUT2D eigenvalue weighted by atomic mass is 16.7. The summed E-state index contributed by atoms with van der Waals surface area (Å²) in [5.41, 5.74) is 1.62. The first-order chi connectivity index (χ1) is 11.1. The molecule has 1 spiro atoms. The summed E-state index contributed by atoms with van der Waals surface area (Å²) < 4.78 is 10.5. The van der Waals surface area contributed by atoms with E-state index < -0.39 is 12.6 Å². The van der Waals surface area contributed by atoms with Crippen molar-refractivity contribution in [2.75, 3.05) is 13.7 Å². The minimum atomic E-state index is -1.03. The number of carbonyl (C=O) groups is 1. The minimum absolute atomic E-state index is 0.143. The van der Waals surface area contributed by atoms with E-state index in [1.807, 2.05) is 6.07 Å². The molecule has 1 aromatic rings. The third-order valence-electron chi connectivity index (χ3n) is 4.45. The predicted octanol–water partition coefficient (Wildman–Crippen LogP) is 2.99. The van der Waals surface area contributed by atoms with Crippen molar-refractivity contribution >= 4 is 11.7 Å². The van der Waals surface area contributed by atoms with Crippen LogP contribution in [0.25, 0.3) is 0 Å². The average Bonchev–Trinajstić information content (AvgIpc) is 2.96. The van der Waals surface area contributed by atoms with E-state index in [2.05, 4.69) is 5.16 Å². The number of carboxylic acids is 1. The van der Waals surface area contributed by atoms with Crippen LogP contribution < -0.4 is 9.47 Å². The van der Waals surface area contributed by atoms with Crippen LogP contribution in [-0.4, -0.2) is 36.1 Å². The Morgan fingerprint density at radius 3 is 2.78 bits per heavy atom. The third-order valence-corrected chi connectivity index (χ3v) is 4.45. The van der Waals surface area contributed by atoms with Crippen molar-refractivity contribution in [3.63, 3.8) is 0 Å². The van der Waals surface area contributed by atoms with Crippen molar-refractivity contribution in [3.8, 4) is 11.5 Å². The highest BCUT2D eigenvalue weighted by molar-refractivity contribution is 6.02. The number of benzene rings is 1. The van der Waals surface area contributed by atoms with Gasteiger partial charge in [-0.1, -0.05) is 11.6 Å². The van der Waals surface area contributed by atoms with Crippen LogP contribution >= 0.6 is 0 Å². The Balaban J connectivity index is 1.77. The lowest BCUT2D eigenvalue weighted by molar-refractivity contribution is -0.139. The molecule has 23 heavy (non-hydrogen) atoms. The molecule has 1 aromatic carbocycles. The molecule has 1 N–H and O–H groups in total. The molecule has 1 heterocycles. The molecule has 6 heteroatoms. The van der Waals surface area contributed by atoms with Crippen molar-refractivity contribution < 1.29 is 24.2 Å². The maximum absolute atomic E-state index is 10.7. The standard InChI is InChI=1S/C17H21NO5/c1-21-14-6-5-12(9-15(14)22-11-16(19)20)13-10-17(23-18-13)7-3-2-4-8-17/h5-6,9H,2-4,7-8,10-11H2,1H3,(H,19,20). The fourth-order valence-corrected chi connectivity index (χ4v) is 3.25. The largest absolute Gasteiger partial charge is 0.493 e. The quantitative estimate of drug-likeness (QED) is 0.903. The Morgan fingerprint density at radius 1 is 1.30 bits per heavy atom. The molecule has 6 nitrogen and oxygen atoms in total. The van der Waals surface area contributed by atoms with Gasteiger partial charge < -0.3 is 19.4 Å². The second kappa shape index (κ2) is 6.48. The molecule has 2 aliphatic rings. The van der Waals surface area contributed by atoms with Gasteiger partial charge in [0.05, 0.1) is 12.8 Å². The molecule has 3 rings (SSSR count). The monoisotopic (exact) mass is 319 g/mol. The van der Waals surface area contributed by atoms with Crippen LogP contribution in [0.5, 0.6) is 11.5 Å². The summed E-state index contributed by atoms with van der Waals surface area (Å²) in [5.74, 6) is -0.123. The van der Waals surface area contributed by atoms with Crippen LogP contribution in [0.3, 0.4) is 0 Å². The lowest BCUT2D eigenvalue weighted by atomic mass is 9.81. The first-order valence-electron chi connectivity index (χ1n) is 7.90. The van der Waals surface area contributed by atoms with Crippen LogP contribution in [0.2, 0.25) is 0 Å². The normalized spacial score (nSPS) is 19.1. The van der Waals surface area contributed by atoms with E-state index in [1.165, 1.54) is 26.4 Å². The van der Waals surface area contributed by atoms with Gasteiger partial charge in [-0.15, -0.1) is 0 Å². The number of nitrogens with zero attached hydrogens (tertiary/aromatic N) is 1. The Labute approximate surface area is 135 Å². The molecule has 0 amide bonds. The number of hydrogen-bond donors (Lipinski definition) is 1. The summed E-state index contributed by atoms with van der Waals surface area (Å²) >= 11 is 0. The second-order valence-corrected chi connectivity index (χ2v) is 6.10. The first-order valence-corrected chi connectivity index (χ1v) is 7.90. The Bertz CT molecular complexity index is 619. The number of oxime groups is 1. The van der Waals surface area contributed by atoms with E-state index in [0.29, 0.717) is 11.5 Å². The number of methoxy groups -OCH3 is 1. The lowest BCUT2D eigenvalue weighted by Gasteiger charge is -2.30. The number of aliphatic carboxylic acids is 1. The molecule has 1 aliphatic carbocycles. The van der Waals surface area contributed by atoms with Crippen LogP contribution in [0.1, 0.15) is 44.1 Å². The molecular weight excluding hydrogens is 298 g/mol. The summed E-state index contributed by atoms with van der Waals surface area (Å²) in [6.45, 7) is -0.410. The van der Waals surface area contributed by atoms with Crippen molar-refractivity contribution in [1.82, 2.24) is 0 Å². The van der Waals surface area contributed by atoms with Gasteiger partial charge in [-0.25, -0.2) is 4.79 Å². The highest BCUT2D eigenvalue weighted by Crippen LogP contribution is 2.40. The Hall–Kier alpha value is -2.24. The summed E-state index contributed by atoms with van der Waals surface area (Å²) in [4.78, 5) is 16.5. The zero-order valence-corrected chi connectivity index (χ0v) is 13.2. The molecule has 1 aliphatic heterocycles. The van der Waals surface area contributed by atoms with Crippen molar-refractivity contribution in [1.29, 1.82) is 0 Å². The molecule has 1 saturated carbocycles. The van der Waals surface area contributed by atoms with E-state index in [-0.39, 0.29) is 5.60 Å². The summed E-state index contributed by atoms with van der Waals surface area (Å²) in [6, 6.07) is 5.43. The molecule has 124 valence electrons. The Morgan fingerprint density at radius 2 is 2.09 bits per heavy atom. The van der Waals surface area contributed by atoms with Crippen molar-refractivity contribution in [3.05, 3.63) is 23.8 Å². The van der Waals surface area contributed by atoms with Gasteiger partial charge in [0.15, 0.2) is 18.1 Å². The third kappa shape index (κ3) is 3.41. The maximum atomic E-state index is 10.7. The second-order valence-electron chi connectivity index (χ2n) is 6.10. The van der Waals surface area contributed by atoms with Gasteiger partial charge in [-0.05, 0) is 43.9 Å². The van der Waals surface area contributed by atoms with Gasteiger partial charge in [-0.3, -0.25) is 0 Å². The molecule has 0 bridgehead atoms. The van der Waals surface area contributed by atoms with Gasteiger partial charge in [0.2, 0.25) is 0 Å². The van der Waals surface area contributed by atoms with Crippen LogP contribution in [0.15, 0.2) is 23.4 Å². The van der Waals surface area contributed by atoms with E-state index >= 15 is 0 Å². The van der Waals surface area contributed by atoms with Gasteiger partial charge in [-0.2, -0.15) is 0 Å². The zero-order valence-electron chi connectivity index (χ0n) is 13.2. The number of hydrogen-bond acceptors (Lipinski definition) is 5. The molecule has 0 unspecified atom stereocenters. The average molecular weight is 319 g/mol. The molecule has 0 saturated heterocycles. The maximum Gasteiger partial charge on any atom is 0.341 e. The van der Waals surface area contributed by atoms with Gasteiger partial charge in [0.1, 0.15) is 5.60 Å². The number of carboxylic acid groups (broad SMARTS) is 1. The van der Waals surface area contributed by atoms with E-state index in [1.54, 1.807) is 12.1 Å². The first kappa shape index (κ1) is 15.6. The topological polar surface area (TPSA) is 77.3 Å². The van der Waals surface area contributed by atoms with E-state index in [9.17, 15) is 4.79 Å². The van der Waals surface area contributed by atoms with E-state index in [0.717, 1.165) is 30.5 Å². The van der Waals surface area contributed by atoms with E-state index in [4.69, 9.17) is 19.4 Å². The smallest absolute Gasteiger partial charge is 0.341 e. The lowest BCUT2D eigenvalue weighted by Crippen LogP contribution is -2.31. The van der Waals surface area contributed by atoms with Crippen molar-refractivity contribution in [2.45, 2.75) is 44.1 Å².